The minimum atomic E-state index is -0.639. The molecule has 1 N–H and O–H groups in total. The van der Waals surface area contributed by atoms with Crippen molar-refractivity contribution >= 4 is 11.9 Å². The number of carbonyl (C=O) groups excluding carboxylic acids is 2. The van der Waals surface area contributed by atoms with E-state index >= 15 is 0 Å². The monoisotopic (exact) mass is 307 g/mol. The molecule has 1 rings (SSSR count). The van der Waals surface area contributed by atoms with Crippen LogP contribution >= 0.6 is 0 Å². The van der Waals surface area contributed by atoms with Crippen LogP contribution in [-0.2, 0) is 9.53 Å². The molecule has 0 aliphatic carbocycles. The zero-order valence-electron chi connectivity index (χ0n) is 14.1. The predicted octanol–water partition coefficient (Wildman–Crippen LogP) is 2.63. The quantitative estimate of drug-likeness (QED) is 0.821. The van der Waals surface area contributed by atoms with E-state index in [-0.39, 0.29) is 11.8 Å². The first-order valence-electron chi connectivity index (χ1n) is 7.34. The second kappa shape index (κ2) is 7.82. The molecular formula is C17H25NO4. The molecule has 0 fully saturated rings. The Morgan fingerprint density at radius 3 is 2.09 bits per heavy atom. The third-order valence-electron chi connectivity index (χ3n) is 3.42. The molecule has 22 heavy (non-hydrogen) atoms. The largest absolute Gasteiger partial charge is 0.496 e. The van der Waals surface area contributed by atoms with Gasteiger partial charge in [-0.05, 0) is 49.4 Å². The maximum Gasteiger partial charge on any atom is 0.328 e. The highest BCUT2D eigenvalue weighted by Gasteiger charge is 2.23. The first-order chi connectivity index (χ1) is 10.3. The lowest BCUT2D eigenvalue weighted by Crippen LogP contribution is -2.42. The zero-order chi connectivity index (χ0) is 16.9. The molecule has 1 atom stereocenters. The Balaban J connectivity index is 2.97. The fourth-order valence-electron chi connectivity index (χ4n) is 2.47. The van der Waals surface area contributed by atoms with Gasteiger partial charge in [-0.25, -0.2) is 4.79 Å². The third-order valence-corrected chi connectivity index (χ3v) is 3.42. The van der Waals surface area contributed by atoms with Gasteiger partial charge in [0, 0.05) is 5.56 Å². The van der Waals surface area contributed by atoms with Crippen molar-refractivity contribution < 1.29 is 19.1 Å². The van der Waals surface area contributed by atoms with Gasteiger partial charge in [0.15, 0.2) is 0 Å². The molecule has 0 aromatic heterocycles. The van der Waals surface area contributed by atoms with E-state index < -0.39 is 12.0 Å². The number of hydrogen-bond donors (Lipinski definition) is 1. The van der Waals surface area contributed by atoms with E-state index in [1.54, 1.807) is 19.2 Å². The highest BCUT2D eigenvalue weighted by atomic mass is 16.5. The van der Waals surface area contributed by atoms with E-state index in [0.29, 0.717) is 12.0 Å². The molecule has 1 aromatic rings. The highest BCUT2D eigenvalue weighted by Crippen LogP contribution is 2.24. The number of methoxy groups -OCH3 is 2. The van der Waals surface area contributed by atoms with Gasteiger partial charge in [-0.3, -0.25) is 4.79 Å². The van der Waals surface area contributed by atoms with Gasteiger partial charge in [0.25, 0.3) is 5.91 Å². The van der Waals surface area contributed by atoms with Crippen molar-refractivity contribution in [2.75, 3.05) is 14.2 Å². The van der Waals surface area contributed by atoms with Crippen molar-refractivity contribution in [3.8, 4) is 5.75 Å². The fraction of sp³-hybridized carbons (Fsp3) is 0.529. The van der Waals surface area contributed by atoms with Gasteiger partial charge in [-0.1, -0.05) is 13.8 Å². The van der Waals surface area contributed by atoms with Crippen LogP contribution in [-0.4, -0.2) is 32.1 Å². The molecule has 1 aromatic carbocycles. The van der Waals surface area contributed by atoms with Crippen molar-refractivity contribution in [2.24, 2.45) is 5.92 Å². The molecule has 0 unspecified atom stereocenters. The second-order valence-electron chi connectivity index (χ2n) is 5.82. The lowest BCUT2D eigenvalue weighted by molar-refractivity contribution is -0.143. The van der Waals surface area contributed by atoms with Crippen LogP contribution in [0, 0.1) is 19.8 Å². The molecule has 0 radical (unpaired) electrons. The summed E-state index contributed by atoms with van der Waals surface area (Å²) in [7, 11) is 2.93. The van der Waals surface area contributed by atoms with Crippen molar-refractivity contribution in [1.29, 1.82) is 0 Å². The van der Waals surface area contributed by atoms with Gasteiger partial charge < -0.3 is 14.8 Å². The van der Waals surface area contributed by atoms with Gasteiger partial charge >= 0.3 is 5.97 Å². The molecular weight excluding hydrogens is 282 g/mol. The second-order valence-corrected chi connectivity index (χ2v) is 5.82. The van der Waals surface area contributed by atoms with Gasteiger partial charge in [0.1, 0.15) is 11.8 Å². The van der Waals surface area contributed by atoms with Crippen molar-refractivity contribution in [1.82, 2.24) is 5.32 Å². The number of esters is 1. The topological polar surface area (TPSA) is 64.6 Å². The maximum absolute atomic E-state index is 12.4. The fourth-order valence-corrected chi connectivity index (χ4v) is 2.47. The van der Waals surface area contributed by atoms with Crippen LogP contribution in [0.25, 0.3) is 0 Å². The number of amides is 1. The Kier molecular flexibility index (Phi) is 6.40. The first kappa shape index (κ1) is 18.0. The van der Waals surface area contributed by atoms with Gasteiger partial charge in [0.2, 0.25) is 0 Å². The van der Waals surface area contributed by atoms with Gasteiger partial charge in [0.05, 0.1) is 14.2 Å². The summed E-state index contributed by atoms with van der Waals surface area (Å²) in [6.45, 7) is 7.75. The van der Waals surface area contributed by atoms with E-state index in [9.17, 15) is 9.59 Å². The SMILES string of the molecule is COC(=O)[C@@H](CC(C)C)NC(=O)c1cc(C)c(OC)c(C)c1. The Morgan fingerprint density at radius 1 is 1.14 bits per heavy atom. The van der Waals surface area contributed by atoms with E-state index in [0.717, 1.165) is 16.9 Å². The first-order valence-corrected chi connectivity index (χ1v) is 7.34. The number of ether oxygens (including phenoxy) is 2. The van der Waals surface area contributed by atoms with Crippen molar-refractivity contribution in [2.45, 2.75) is 40.2 Å². The highest BCUT2D eigenvalue weighted by molar-refractivity contribution is 5.97. The molecule has 0 bridgehead atoms. The number of benzene rings is 1. The molecule has 5 nitrogen and oxygen atoms in total. The molecule has 0 aliphatic rings. The summed E-state index contributed by atoms with van der Waals surface area (Å²) in [6, 6.07) is 2.87. The lowest BCUT2D eigenvalue weighted by Gasteiger charge is -2.19. The smallest absolute Gasteiger partial charge is 0.328 e. The maximum atomic E-state index is 12.4. The third kappa shape index (κ3) is 4.48. The normalized spacial score (nSPS) is 12.0. The average molecular weight is 307 g/mol. The molecule has 0 spiro atoms. The molecule has 0 saturated carbocycles. The minimum Gasteiger partial charge on any atom is -0.496 e. The number of hydrogen-bond acceptors (Lipinski definition) is 4. The number of aryl methyl sites for hydroxylation is 2. The molecule has 0 saturated heterocycles. The average Bonchev–Trinajstić information content (AvgIpc) is 2.44. The molecule has 0 aliphatic heterocycles. The van der Waals surface area contributed by atoms with Crippen molar-refractivity contribution in [3.05, 3.63) is 28.8 Å². The Morgan fingerprint density at radius 2 is 1.68 bits per heavy atom. The summed E-state index contributed by atoms with van der Waals surface area (Å²) >= 11 is 0. The van der Waals surface area contributed by atoms with Crippen molar-refractivity contribution in [3.63, 3.8) is 0 Å². The molecule has 5 heteroatoms. The van der Waals surface area contributed by atoms with Crippen LogP contribution in [0.2, 0.25) is 0 Å². The molecule has 122 valence electrons. The van der Waals surface area contributed by atoms with Crippen LogP contribution in [0.15, 0.2) is 12.1 Å². The summed E-state index contributed by atoms with van der Waals surface area (Å²) in [5.74, 6) is 0.320. The molecule has 0 heterocycles. The summed E-state index contributed by atoms with van der Waals surface area (Å²) in [4.78, 5) is 24.2. The van der Waals surface area contributed by atoms with Crippen LogP contribution < -0.4 is 10.1 Å². The Hall–Kier alpha value is -2.04. The number of carbonyl (C=O) groups is 2. The Bertz CT molecular complexity index is 529. The van der Waals surface area contributed by atoms with Crippen LogP contribution in [0.3, 0.4) is 0 Å². The van der Waals surface area contributed by atoms with Gasteiger partial charge in [-0.2, -0.15) is 0 Å². The van der Waals surface area contributed by atoms with E-state index in [1.807, 2.05) is 27.7 Å². The van der Waals surface area contributed by atoms with Crippen LogP contribution in [0.4, 0.5) is 0 Å². The zero-order valence-corrected chi connectivity index (χ0v) is 14.1. The Labute approximate surface area is 132 Å². The lowest BCUT2D eigenvalue weighted by atomic mass is 10.0. The summed E-state index contributed by atoms with van der Waals surface area (Å²) in [6.07, 6.45) is 0.534. The van der Waals surface area contributed by atoms with Crippen LogP contribution in [0.1, 0.15) is 41.8 Å². The standard InChI is InChI=1S/C17H25NO4/c1-10(2)7-14(17(20)22-6)18-16(19)13-8-11(3)15(21-5)12(4)9-13/h8-10,14H,7H2,1-6H3,(H,18,19)/t14-/m1/s1. The molecule has 1 amide bonds. The summed E-state index contributed by atoms with van der Waals surface area (Å²) in [5, 5.41) is 2.75. The summed E-state index contributed by atoms with van der Waals surface area (Å²) in [5.41, 5.74) is 2.27. The number of nitrogens with one attached hydrogen (secondary N) is 1. The number of rotatable bonds is 6. The minimum absolute atomic E-state index is 0.267. The summed E-state index contributed by atoms with van der Waals surface area (Å²) < 4.78 is 10.1. The van der Waals surface area contributed by atoms with E-state index in [4.69, 9.17) is 9.47 Å². The van der Waals surface area contributed by atoms with E-state index in [1.165, 1.54) is 7.11 Å². The predicted molar refractivity (Wildman–Crippen MR) is 85.2 cm³/mol. The van der Waals surface area contributed by atoms with E-state index in [2.05, 4.69) is 5.32 Å². The van der Waals surface area contributed by atoms with Crippen LogP contribution in [0.5, 0.6) is 5.75 Å². The van der Waals surface area contributed by atoms with Gasteiger partial charge in [-0.15, -0.1) is 0 Å².